The summed E-state index contributed by atoms with van der Waals surface area (Å²) in [6.07, 6.45) is 0.740. The highest BCUT2D eigenvalue weighted by molar-refractivity contribution is 6.65. The molecule has 3 atom stereocenters. The van der Waals surface area contributed by atoms with E-state index in [1.54, 1.807) is 13.8 Å². The molecule has 7 heteroatoms. The summed E-state index contributed by atoms with van der Waals surface area (Å²) in [5.41, 5.74) is -1.08. The number of allylic oxidation sites excluding steroid dienone is 2. The molecule has 0 aromatic carbocycles. The molecular weight excluding hydrogens is 385 g/mol. The minimum Gasteiger partial charge on any atom is -0.378 e. The van der Waals surface area contributed by atoms with Gasteiger partial charge < -0.3 is 5.11 Å². The van der Waals surface area contributed by atoms with Crippen LogP contribution in [0.1, 0.15) is 26.7 Å². The van der Waals surface area contributed by atoms with E-state index in [2.05, 4.69) is 11.8 Å². The molecule has 0 spiro atoms. The summed E-state index contributed by atoms with van der Waals surface area (Å²) in [5.74, 6) is 5.35. The molecule has 1 fully saturated rings. The number of hydrogen-bond donors (Lipinski definition) is 1. The molecule has 0 unspecified atom stereocenters. The third-order valence-electron chi connectivity index (χ3n) is 3.65. The zero-order valence-electron chi connectivity index (χ0n) is 10.7. The van der Waals surface area contributed by atoms with Gasteiger partial charge >= 0.3 is 0 Å². The Morgan fingerprint density at radius 1 is 1.20 bits per heavy atom. The van der Waals surface area contributed by atoms with Crippen LogP contribution in [-0.4, -0.2) is 24.8 Å². The van der Waals surface area contributed by atoms with Crippen molar-refractivity contribution >= 4 is 69.6 Å². The van der Waals surface area contributed by atoms with Crippen LogP contribution in [0.15, 0.2) is 10.1 Å². The van der Waals surface area contributed by atoms with Gasteiger partial charge in [0.25, 0.3) is 0 Å². The highest BCUT2D eigenvalue weighted by atomic mass is 35.5. The summed E-state index contributed by atoms with van der Waals surface area (Å²) in [5, 5.41) is 9.98. The average molecular weight is 397 g/mol. The van der Waals surface area contributed by atoms with Crippen LogP contribution >= 0.6 is 69.6 Å². The average Bonchev–Trinajstić information content (AvgIpc) is 2.50. The predicted octanol–water partition coefficient (Wildman–Crippen LogP) is 5.00. The highest BCUT2D eigenvalue weighted by Crippen LogP contribution is 2.74. The maximum atomic E-state index is 9.59. The number of fused-ring (bicyclic) bond motifs is 2. The van der Waals surface area contributed by atoms with Crippen LogP contribution < -0.4 is 0 Å². The third kappa shape index (κ3) is 2.19. The highest BCUT2D eigenvalue weighted by Gasteiger charge is 2.78. The van der Waals surface area contributed by atoms with Crippen LogP contribution in [0.25, 0.3) is 0 Å². The lowest BCUT2D eigenvalue weighted by Gasteiger charge is -2.33. The lowest BCUT2D eigenvalue weighted by atomic mass is 9.89. The van der Waals surface area contributed by atoms with Crippen LogP contribution in [0.5, 0.6) is 0 Å². The summed E-state index contributed by atoms with van der Waals surface area (Å²) < 4.78 is -1.50. The molecule has 1 saturated carbocycles. The number of rotatable bonds is 1. The van der Waals surface area contributed by atoms with Gasteiger partial charge in [-0.05, 0) is 26.2 Å². The van der Waals surface area contributed by atoms with Gasteiger partial charge in [0.15, 0.2) is 4.33 Å². The van der Waals surface area contributed by atoms with Crippen molar-refractivity contribution < 1.29 is 5.11 Å². The van der Waals surface area contributed by atoms with Gasteiger partial charge in [0.05, 0.1) is 10.1 Å². The molecule has 0 aromatic heterocycles. The molecule has 20 heavy (non-hydrogen) atoms. The van der Waals surface area contributed by atoms with E-state index in [0.717, 1.165) is 0 Å². The molecule has 2 aliphatic carbocycles. The van der Waals surface area contributed by atoms with E-state index in [-0.39, 0.29) is 16.0 Å². The molecule has 0 aliphatic heterocycles. The first kappa shape index (κ1) is 17.4. The van der Waals surface area contributed by atoms with E-state index in [9.17, 15) is 5.11 Å². The molecule has 0 aromatic rings. The van der Waals surface area contributed by atoms with E-state index in [4.69, 9.17) is 69.6 Å². The van der Waals surface area contributed by atoms with Gasteiger partial charge in [0.1, 0.15) is 15.3 Å². The fraction of sp³-hybridized carbons (Fsp3) is 0.692. The van der Waals surface area contributed by atoms with Crippen molar-refractivity contribution in [3.8, 4) is 11.8 Å². The molecule has 2 bridgehead atoms. The molecular formula is C13H12Cl6O. The molecule has 0 radical (unpaired) electrons. The summed E-state index contributed by atoms with van der Waals surface area (Å²) in [4.78, 5) is -2.46. The SMILES string of the molecule is CC(C)(O)C#CC[C@@H]1C[C@]2(Cl)C(Cl)=C(Cl)[C@@]1(Cl)C2(Cl)Cl. The minimum atomic E-state index is -1.50. The molecule has 0 amide bonds. The fourth-order valence-electron chi connectivity index (χ4n) is 2.63. The zero-order chi connectivity index (χ0) is 15.6. The molecule has 2 rings (SSSR count). The predicted molar refractivity (Wildman–Crippen MR) is 87.1 cm³/mol. The standard InChI is InChI=1S/C13H12Cl6O/c1-10(2,20)5-3-4-7-6-11(16)8(14)9(15)12(7,17)13(11,18)19/h7,20H,4,6H2,1-2H3/t7-,11+,12-/m1/s1. The number of hydrogen-bond acceptors (Lipinski definition) is 1. The Kier molecular flexibility index (Phi) is 4.34. The van der Waals surface area contributed by atoms with E-state index < -0.39 is 19.7 Å². The van der Waals surface area contributed by atoms with Crippen LogP contribution in [0.4, 0.5) is 0 Å². The lowest BCUT2D eigenvalue weighted by molar-refractivity contribution is 0.143. The molecule has 0 heterocycles. The summed E-state index contributed by atoms with van der Waals surface area (Å²) >= 11 is 38.1. The molecule has 2 aliphatic rings. The van der Waals surface area contributed by atoms with E-state index >= 15 is 0 Å². The van der Waals surface area contributed by atoms with Gasteiger partial charge in [-0.1, -0.05) is 58.2 Å². The van der Waals surface area contributed by atoms with Crippen molar-refractivity contribution in [1.29, 1.82) is 0 Å². The summed E-state index contributed by atoms with van der Waals surface area (Å²) in [6, 6.07) is 0. The summed E-state index contributed by atoms with van der Waals surface area (Å²) in [7, 11) is 0. The monoisotopic (exact) mass is 394 g/mol. The van der Waals surface area contributed by atoms with Crippen LogP contribution in [0.3, 0.4) is 0 Å². The second kappa shape index (κ2) is 5.00. The number of halogens is 6. The molecule has 0 saturated heterocycles. The normalized spacial score (nSPS) is 39.0. The van der Waals surface area contributed by atoms with E-state index in [0.29, 0.717) is 12.8 Å². The quantitative estimate of drug-likeness (QED) is 0.488. The second-order valence-corrected chi connectivity index (χ2v) is 9.01. The van der Waals surface area contributed by atoms with Crippen molar-refractivity contribution in [2.45, 2.75) is 46.4 Å². The Morgan fingerprint density at radius 3 is 2.15 bits per heavy atom. The summed E-state index contributed by atoms with van der Waals surface area (Å²) in [6.45, 7) is 3.19. The Balaban J connectivity index is 2.35. The van der Waals surface area contributed by atoms with Crippen molar-refractivity contribution in [2.75, 3.05) is 0 Å². The maximum absolute atomic E-state index is 9.59. The number of aliphatic hydroxyl groups is 1. The second-order valence-electron chi connectivity index (χ2n) is 5.68. The Labute approximate surface area is 148 Å². The molecule has 112 valence electrons. The third-order valence-corrected chi connectivity index (χ3v) is 7.97. The molecule has 1 nitrogen and oxygen atoms in total. The Morgan fingerprint density at radius 2 is 1.75 bits per heavy atom. The van der Waals surface area contributed by atoms with Gasteiger partial charge in [-0.15, -0.1) is 23.2 Å². The first-order valence-corrected chi connectivity index (χ1v) is 8.19. The van der Waals surface area contributed by atoms with Crippen molar-refractivity contribution in [3.63, 3.8) is 0 Å². The van der Waals surface area contributed by atoms with Crippen LogP contribution in [-0.2, 0) is 0 Å². The van der Waals surface area contributed by atoms with Gasteiger partial charge in [0.2, 0.25) is 0 Å². The van der Waals surface area contributed by atoms with Crippen LogP contribution in [0, 0.1) is 17.8 Å². The van der Waals surface area contributed by atoms with Gasteiger partial charge in [0, 0.05) is 6.42 Å². The Hall–Kier alpha value is 1.00. The largest absolute Gasteiger partial charge is 0.378 e. The van der Waals surface area contributed by atoms with Crippen LogP contribution in [0.2, 0.25) is 0 Å². The van der Waals surface area contributed by atoms with Crippen molar-refractivity contribution in [3.05, 3.63) is 10.1 Å². The minimum absolute atomic E-state index is 0.183. The van der Waals surface area contributed by atoms with E-state index in [1.807, 2.05) is 0 Å². The van der Waals surface area contributed by atoms with E-state index in [1.165, 1.54) is 0 Å². The first-order chi connectivity index (χ1) is 8.88. The smallest absolute Gasteiger partial charge is 0.166 e. The maximum Gasteiger partial charge on any atom is 0.166 e. The zero-order valence-corrected chi connectivity index (χ0v) is 15.2. The first-order valence-electron chi connectivity index (χ1n) is 5.92. The Bertz CT molecular complexity index is 537. The molecule has 1 N–H and O–H groups in total. The van der Waals surface area contributed by atoms with Crippen molar-refractivity contribution in [2.24, 2.45) is 5.92 Å². The lowest BCUT2D eigenvalue weighted by Crippen LogP contribution is -2.44. The van der Waals surface area contributed by atoms with Crippen molar-refractivity contribution in [1.82, 2.24) is 0 Å². The number of alkyl halides is 4. The topological polar surface area (TPSA) is 20.2 Å². The van der Waals surface area contributed by atoms with Gasteiger partial charge in [-0.2, -0.15) is 0 Å². The van der Waals surface area contributed by atoms with Gasteiger partial charge in [-0.25, -0.2) is 0 Å². The fourth-order valence-corrected chi connectivity index (χ4v) is 5.48. The van der Waals surface area contributed by atoms with Gasteiger partial charge in [-0.3, -0.25) is 0 Å².